The summed E-state index contributed by atoms with van der Waals surface area (Å²) in [6, 6.07) is 24.0. The van der Waals surface area contributed by atoms with E-state index in [1.165, 1.54) is 4.90 Å². The Morgan fingerprint density at radius 1 is 1.00 bits per heavy atom. The Kier molecular flexibility index (Phi) is 5.23. The first-order chi connectivity index (χ1) is 15.5. The third kappa shape index (κ3) is 3.56. The number of nitrogens with zero attached hydrogens (tertiary/aromatic N) is 2. The van der Waals surface area contributed by atoms with Crippen molar-refractivity contribution in [1.82, 2.24) is 9.55 Å². The minimum atomic E-state index is -0.292. The molecule has 5 nitrogen and oxygen atoms in total. The van der Waals surface area contributed by atoms with Crippen molar-refractivity contribution in [2.75, 3.05) is 16.9 Å². The highest BCUT2D eigenvalue weighted by atomic mass is 32.2. The molecular weight excluding hydrogens is 416 g/mol. The quantitative estimate of drug-likeness (QED) is 0.383. The summed E-state index contributed by atoms with van der Waals surface area (Å²) in [7, 11) is 0. The molecule has 0 spiro atoms. The molecule has 2 heterocycles. The third-order valence-corrected chi connectivity index (χ3v) is 6.56. The second-order valence-corrected chi connectivity index (χ2v) is 8.83. The number of para-hydroxylation sites is 2. The highest BCUT2D eigenvalue weighted by molar-refractivity contribution is 7.98. The molecule has 1 atom stereocenters. The SMILES string of the molecule is CSc1ccc(C2C(C(=O)Nc3ccc(C)cc3)=C(C)Nc3nc4ccccc4n32)cc1. The van der Waals surface area contributed by atoms with Gasteiger partial charge in [0.05, 0.1) is 22.6 Å². The van der Waals surface area contributed by atoms with Crippen LogP contribution in [0, 0.1) is 6.92 Å². The molecule has 4 aromatic rings. The predicted octanol–water partition coefficient (Wildman–Crippen LogP) is 5.99. The summed E-state index contributed by atoms with van der Waals surface area (Å²) in [5.41, 5.74) is 6.34. The van der Waals surface area contributed by atoms with Gasteiger partial charge in [-0.2, -0.15) is 0 Å². The minimum Gasteiger partial charge on any atom is -0.329 e. The molecule has 0 aliphatic carbocycles. The van der Waals surface area contributed by atoms with E-state index < -0.39 is 0 Å². The number of allylic oxidation sites excluding steroid dienone is 1. The van der Waals surface area contributed by atoms with Crippen molar-refractivity contribution in [2.24, 2.45) is 0 Å². The van der Waals surface area contributed by atoms with E-state index in [1.807, 2.05) is 62.4 Å². The summed E-state index contributed by atoms with van der Waals surface area (Å²) >= 11 is 1.70. The number of hydrogen-bond donors (Lipinski definition) is 2. The minimum absolute atomic E-state index is 0.124. The first kappa shape index (κ1) is 20.4. The van der Waals surface area contributed by atoms with Crippen molar-refractivity contribution in [1.29, 1.82) is 0 Å². The second-order valence-electron chi connectivity index (χ2n) is 7.95. The molecule has 160 valence electrons. The average molecular weight is 441 g/mol. The van der Waals surface area contributed by atoms with Crippen molar-refractivity contribution in [3.63, 3.8) is 0 Å². The monoisotopic (exact) mass is 440 g/mol. The van der Waals surface area contributed by atoms with Crippen LogP contribution in [0.2, 0.25) is 0 Å². The van der Waals surface area contributed by atoms with E-state index in [2.05, 4.69) is 45.7 Å². The van der Waals surface area contributed by atoms with Gasteiger partial charge in [0.2, 0.25) is 5.95 Å². The summed E-state index contributed by atoms with van der Waals surface area (Å²) < 4.78 is 2.13. The van der Waals surface area contributed by atoms with Crippen LogP contribution in [-0.2, 0) is 4.79 Å². The number of carbonyl (C=O) groups is 1. The maximum absolute atomic E-state index is 13.6. The number of aromatic nitrogens is 2. The molecule has 1 aliphatic heterocycles. The van der Waals surface area contributed by atoms with Gasteiger partial charge in [-0.1, -0.05) is 42.0 Å². The summed E-state index contributed by atoms with van der Waals surface area (Å²) in [5, 5.41) is 6.45. The largest absolute Gasteiger partial charge is 0.329 e. The highest BCUT2D eigenvalue weighted by Crippen LogP contribution is 2.39. The number of amides is 1. The number of aryl methyl sites for hydroxylation is 1. The number of hydrogen-bond acceptors (Lipinski definition) is 4. The van der Waals surface area contributed by atoms with Crippen LogP contribution in [0.25, 0.3) is 11.0 Å². The molecule has 6 heteroatoms. The Hall–Kier alpha value is -3.51. The average Bonchev–Trinajstić information content (AvgIpc) is 3.17. The van der Waals surface area contributed by atoms with Gasteiger partial charge in [0.15, 0.2) is 0 Å². The van der Waals surface area contributed by atoms with Crippen molar-refractivity contribution < 1.29 is 4.79 Å². The van der Waals surface area contributed by atoms with Crippen LogP contribution in [0.1, 0.15) is 24.1 Å². The zero-order valence-electron chi connectivity index (χ0n) is 18.2. The summed E-state index contributed by atoms with van der Waals surface area (Å²) in [4.78, 5) is 19.6. The van der Waals surface area contributed by atoms with E-state index >= 15 is 0 Å². The molecule has 1 aliphatic rings. The van der Waals surface area contributed by atoms with Crippen LogP contribution < -0.4 is 10.6 Å². The Balaban J connectivity index is 1.64. The zero-order chi connectivity index (χ0) is 22.2. The first-order valence-corrected chi connectivity index (χ1v) is 11.7. The molecule has 2 N–H and O–H groups in total. The molecule has 0 fully saturated rings. The number of nitrogens with one attached hydrogen (secondary N) is 2. The van der Waals surface area contributed by atoms with E-state index in [0.717, 1.165) is 39.5 Å². The van der Waals surface area contributed by atoms with Crippen LogP contribution in [0.3, 0.4) is 0 Å². The summed E-state index contributed by atoms with van der Waals surface area (Å²) in [5.74, 6) is 0.621. The van der Waals surface area contributed by atoms with Gasteiger partial charge in [-0.25, -0.2) is 4.98 Å². The molecule has 0 bridgehead atoms. The molecule has 5 rings (SSSR count). The van der Waals surface area contributed by atoms with Crippen LogP contribution in [0.15, 0.2) is 89.0 Å². The highest BCUT2D eigenvalue weighted by Gasteiger charge is 2.34. The molecule has 0 saturated heterocycles. The summed E-state index contributed by atoms with van der Waals surface area (Å²) in [6.45, 7) is 3.97. The van der Waals surface area contributed by atoms with E-state index in [-0.39, 0.29) is 11.9 Å². The molecule has 0 saturated carbocycles. The molecule has 1 aromatic heterocycles. The molecule has 1 amide bonds. The van der Waals surface area contributed by atoms with E-state index in [4.69, 9.17) is 4.98 Å². The first-order valence-electron chi connectivity index (χ1n) is 10.5. The molecular formula is C26H24N4OS. The molecule has 32 heavy (non-hydrogen) atoms. The van der Waals surface area contributed by atoms with Gasteiger partial charge in [-0.3, -0.25) is 9.36 Å². The van der Waals surface area contributed by atoms with Gasteiger partial charge >= 0.3 is 0 Å². The fraction of sp³-hybridized carbons (Fsp3) is 0.154. The van der Waals surface area contributed by atoms with Crippen LogP contribution >= 0.6 is 11.8 Å². The standard InChI is InChI=1S/C26H24N4OS/c1-16-8-12-19(13-9-16)28-25(31)23-17(2)27-26-29-21-6-4-5-7-22(21)30(26)24(23)18-10-14-20(32-3)15-11-18/h4-15,24H,1-3H3,(H,27,29)(H,28,31). The fourth-order valence-electron chi connectivity index (χ4n) is 4.19. The Labute approximate surface area is 191 Å². The van der Waals surface area contributed by atoms with Crippen molar-refractivity contribution in [3.05, 3.63) is 95.2 Å². The lowest BCUT2D eigenvalue weighted by molar-refractivity contribution is -0.113. The lowest BCUT2D eigenvalue weighted by Gasteiger charge is -2.30. The van der Waals surface area contributed by atoms with Crippen molar-refractivity contribution in [2.45, 2.75) is 24.8 Å². The second kappa shape index (κ2) is 8.20. The Bertz CT molecular complexity index is 1340. The third-order valence-electron chi connectivity index (χ3n) is 5.82. The lowest BCUT2D eigenvalue weighted by atomic mass is 9.94. The molecule has 1 unspecified atom stereocenters. The van der Waals surface area contributed by atoms with Crippen LogP contribution in [0.4, 0.5) is 11.6 Å². The van der Waals surface area contributed by atoms with Gasteiger partial charge in [0.25, 0.3) is 5.91 Å². The van der Waals surface area contributed by atoms with Crippen LogP contribution in [-0.4, -0.2) is 21.7 Å². The normalized spacial score (nSPS) is 15.4. The van der Waals surface area contributed by atoms with E-state index in [9.17, 15) is 4.79 Å². The number of rotatable bonds is 4. The van der Waals surface area contributed by atoms with E-state index in [1.54, 1.807) is 11.8 Å². The zero-order valence-corrected chi connectivity index (χ0v) is 19.0. The van der Waals surface area contributed by atoms with Gasteiger partial charge in [0, 0.05) is 16.3 Å². The number of carbonyl (C=O) groups excluding carboxylic acids is 1. The number of fused-ring (bicyclic) bond motifs is 3. The molecule has 3 aromatic carbocycles. The predicted molar refractivity (Wildman–Crippen MR) is 132 cm³/mol. The van der Waals surface area contributed by atoms with Crippen molar-refractivity contribution in [3.8, 4) is 0 Å². The topological polar surface area (TPSA) is 59.0 Å². The number of benzene rings is 3. The molecule has 0 radical (unpaired) electrons. The van der Waals surface area contributed by atoms with Crippen LogP contribution in [0.5, 0.6) is 0 Å². The number of anilines is 2. The smallest absolute Gasteiger partial charge is 0.255 e. The Morgan fingerprint density at radius 3 is 2.44 bits per heavy atom. The van der Waals surface area contributed by atoms with Gasteiger partial charge < -0.3 is 10.6 Å². The lowest BCUT2D eigenvalue weighted by Crippen LogP contribution is -2.30. The fourth-order valence-corrected chi connectivity index (χ4v) is 4.60. The summed E-state index contributed by atoms with van der Waals surface area (Å²) in [6.07, 6.45) is 2.06. The Morgan fingerprint density at radius 2 is 1.72 bits per heavy atom. The van der Waals surface area contributed by atoms with Crippen molar-refractivity contribution >= 4 is 40.3 Å². The maximum Gasteiger partial charge on any atom is 0.255 e. The van der Waals surface area contributed by atoms with E-state index in [0.29, 0.717) is 5.57 Å². The van der Waals surface area contributed by atoms with Gasteiger partial charge in [0.1, 0.15) is 0 Å². The number of imidazole rings is 1. The van der Waals surface area contributed by atoms with Gasteiger partial charge in [-0.15, -0.1) is 11.8 Å². The number of thioether (sulfide) groups is 1. The maximum atomic E-state index is 13.6. The van der Waals surface area contributed by atoms with Gasteiger partial charge in [-0.05, 0) is 62.1 Å².